The zero-order chi connectivity index (χ0) is 14.0. The monoisotopic (exact) mass is 268 g/mol. The highest BCUT2D eigenvalue weighted by molar-refractivity contribution is 5.69. The molecule has 1 amide bonds. The molecule has 4 nitrogen and oxygen atoms in total. The van der Waals surface area contributed by atoms with E-state index in [1.165, 1.54) is 12.8 Å². The van der Waals surface area contributed by atoms with Gasteiger partial charge >= 0.3 is 6.09 Å². The standard InChI is InChI=1S/C15H28N2O2/c1-11-10-12(7-8-16-11)13-6-5-9-17(13)14(18)19-15(2,3)4/h11-13,16H,5-10H2,1-4H3. The van der Waals surface area contributed by atoms with Crippen LogP contribution in [0.1, 0.15) is 53.4 Å². The lowest BCUT2D eigenvalue weighted by molar-refractivity contribution is 0.0152. The van der Waals surface area contributed by atoms with Gasteiger partial charge in [0.15, 0.2) is 0 Å². The number of likely N-dealkylation sites (tertiary alicyclic amines) is 1. The molecule has 110 valence electrons. The molecule has 0 aromatic carbocycles. The van der Waals surface area contributed by atoms with E-state index in [2.05, 4.69) is 12.2 Å². The van der Waals surface area contributed by atoms with Crippen LogP contribution < -0.4 is 5.32 Å². The van der Waals surface area contributed by atoms with Gasteiger partial charge in [-0.05, 0) is 65.8 Å². The van der Waals surface area contributed by atoms with Gasteiger partial charge in [-0.15, -0.1) is 0 Å². The molecule has 2 aliphatic heterocycles. The second-order valence-electron chi connectivity index (χ2n) is 7.02. The second kappa shape index (κ2) is 5.70. The predicted octanol–water partition coefficient (Wildman–Crippen LogP) is 2.77. The lowest BCUT2D eigenvalue weighted by Gasteiger charge is -2.37. The van der Waals surface area contributed by atoms with E-state index in [0.29, 0.717) is 18.0 Å². The molecule has 0 aromatic rings. The van der Waals surface area contributed by atoms with E-state index < -0.39 is 5.60 Å². The van der Waals surface area contributed by atoms with E-state index in [4.69, 9.17) is 4.74 Å². The summed E-state index contributed by atoms with van der Waals surface area (Å²) in [6, 6.07) is 0.958. The molecule has 0 spiro atoms. The van der Waals surface area contributed by atoms with Gasteiger partial charge in [-0.1, -0.05) is 0 Å². The molecule has 0 radical (unpaired) electrons. The average Bonchev–Trinajstić information content (AvgIpc) is 2.75. The minimum Gasteiger partial charge on any atom is -0.444 e. The predicted molar refractivity (Wildman–Crippen MR) is 76.2 cm³/mol. The van der Waals surface area contributed by atoms with E-state index in [1.807, 2.05) is 25.7 Å². The lowest BCUT2D eigenvalue weighted by atomic mass is 9.85. The van der Waals surface area contributed by atoms with Crippen LogP contribution in [-0.4, -0.2) is 41.8 Å². The Balaban J connectivity index is 1.98. The Morgan fingerprint density at radius 2 is 2.05 bits per heavy atom. The van der Waals surface area contributed by atoms with Crippen LogP contribution in [0.15, 0.2) is 0 Å². The summed E-state index contributed by atoms with van der Waals surface area (Å²) in [5.41, 5.74) is -0.397. The summed E-state index contributed by atoms with van der Waals surface area (Å²) in [5.74, 6) is 0.631. The Morgan fingerprint density at radius 1 is 1.32 bits per heavy atom. The topological polar surface area (TPSA) is 41.6 Å². The van der Waals surface area contributed by atoms with Crippen molar-refractivity contribution in [1.29, 1.82) is 0 Å². The highest BCUT2D eigenvalue weighted by Crippen LogP contribution is 2.31. The van der Waals surface area contributed by atoms with Crippen LogP contribution in [0.5, 0.6) is 0 Å². The molecule has 3 atom stereocenters. The molecule has 2 saturated heterocycles. The largest absolute Gasteiger partial charge is 0.444 e. The maximum atomic E-state index is 12.3. The zero-order valence-corrected chi connectivity index (χ0v) is 12.7. The van der Waals surface area contributed by atoms with Gasteiger partial charge in [0, 0.05) is 18.6 Å². The fourth-order valence-electron chi connectivity index (χ4n) is 3.35. The number of ether oxygens (including phenoxy) is 1. The van der Waals surface area contributed by atoms with Crippen LogP contribution in [0.2, 0.25) is 0 Å². The average molecular weight is 268 g/mol. The molecule has 0 aliphatic carbocycles. The summed E-state index contributed by atoms with van der Waals surface area (Å²) in [4.78, 5) is 14.3. The first-order valence-corrected chi connectivity index (χ1v) is 7.60. The molecule has 3 unspecified atom stereocenters. The van der Waals surface area contributed by atoms with E-state index in [1.54, 1.807) is 0 Å². The van der Waals surface area contributed by atoms with Gasteiger partial charge in [-0.3, -0.25) is 0 Å². The molecule has 0 bridgehead atoms. The molecule has 4 heteroatoms. The Bertz CT molecular complexity index is 325. The molecule has 2 aliphatic rings. The summed E-state index contributed by atoms with van der Waals surface area (Å²) in [6.07, 6.45) is 4.47. The van der Waals surface area contributed by atoms with E-state index in [9.17, 15) is 4.79 Å². The fourth-order valence-corrected chi connectivity index (χ4v) is 3.35. The van der Waals surface area contributed by atoms with Crippen LogP contribution in [0.25, 0.3) is 0 Å². The van der Waals surface area contributed by atoms with Gasteiger partial charge in [0.05, 0.1) is 0 Å². The van der Waals surface area contributed by atoms with Crippen LogP contribution in [0, 0.1) is 5.92 Å². The molecular weight excluding hydrogens is 240 g/mol. The maximum absolute atomic E-state index is 12.3. The van der Waals surface area contributed by atoms with Crippen molar-refractivity contribution >= 4 is 6.09 Å². The number of hydrogen-bond donors (Lipinski definition) is 1. The Kier molecular flexibility index (Phi) is 4.39. The number of nitrogens with zero attached hydrogens (tertiary/aromatic N) is 1. The molecule has 0 saturated carbocycles. The molecule has 2 rings (SSSR count). The van der Waals surface area contributed by atoms with Crippen LogP contribution in [0.3, 0.4) is 0 Å². The lowest BCUT2D eigenvalue weighted by Crippen LogP contribution is -2.47. The highest BCUT2D eigenvalue weighted by Gasteiger charge is 2.38. The third-order valence-corrected chi connectivity index (χ3v) is 4.14. The highest BCUT2D eigenvalue weighted by atomic mass is 16.6. The number of hydrogen-bond acceptors (Lipinski definition) is 3. The first kappa shape index (κ1) is 14.6. The second-order valence-corrected chi connectivity index (χ2v) is 7.02. The summed E-state index contributed by atoms with van der Waals surface area (Å²) in [7, 11) is 0. The van der Waals surface area contributed by atoms with Gasteiger partial charge in [0.2, 0.25) is 0 Å². The zero-order valence-electron chi connectivity index (χ0n) is 12.7. The number of rotatable bonds is 1. The van der Waals surface area contributed by atoms with Crippen LogP contribution in [0.4, 0.5) is 4.79 Å². The van der Waals surface area contributed by atoms with Gasteiger partial charge in [-0.2, -0.15) is 0 Å². The summed E-state index contributed by atoms with van der Waals surface area (Å²) in [5, 5.41) is 3.48. The number of amides is 1. The molecular formula is C15H28N2O2. The van der Waals surface area contributed by atoms with Crippen molar-refractivity contribution < 1.29 is 9.53 Å². The summed E-state index contributed by atoms with van der Waals surface area (Å²) in [6.45, 7) is 9.97. The number of carbonyl (C=O) groups is 1. The van der Waals surface area contributed by atoms with E-state index in [0.717, 1.165) is 25.9 Å². The maximum Gasteiger partial charge on any atom is 0.410 e. The fraction of sp³-hybridized carbons (Fsp3) is 0.933. The molecule has 2 heterocycles. The minimum atomic E-state index is -0.397. The number of piperidine rings is 1. The SMILES string of the molecule is CC1CC(C2CCCN2C(=O)OC(C)(C)C)CCN1. The van der Waals surface area contributed by atoms with Gasteiger partial charge in [0.25, 0.3) is 0 Å². The van der Waals surface area contributed by atoms with Crippen molar-refractivity contribution in [3.05, 3.63) is 0 Å². The first-order valence-electron chi connectivity index (χ1n) is 7.60. The van der Waals surface area contributed by atoms with Crippen molar-refractivity contribution in [3.8, 4) is 0 Å². The van der Waals surface area contributed by atoms with Crippen molar-refractivity contribution in [2.45, 2.75) is 71.1 Å². The normalized spacial score (nSPS) is 32.4. The summed E-state index contributed by atoms with van der Waals surface area (Å²) >= 11 is 0. The van der Waals surface area contributed by atoms with Crippen LogP contribution in [-0.2, 0) is 4.74 Å². The minimum absolute atomic E-state index is 0.124. The molecule has 0 aromatic heterocycles. The van der Waals surface area contributed by atoms with Gasteiger partial charge < -0.3 is 15.0 Å². The molecule has 2 fully saturated rings. The Labute approximate surface area is 116 Å². The van der Waals surface area contributed by atoms with Gasteiger partial charge in [0.1, 0.15) is 5.60 Å². The molecule has 1 N–H and O–H groups in total. The smallest absolute Gasteiger partial charge is 0.410 e. The number of nitrogens with one attached hydrogen (secondary N) is 1. The molecule has 19 heavy (non-hydrogen) atoms. The van der Waals surface area contributed by atoms with Gasteiger partial charge in [-0.25, -0.2) is 4.79 Å². The van der Waals surface area contributed by atoms with Crippen LogP contribution >= 0.6 is 0 Å². The number of carbonyl (C=O) groups excluding carboxylic acids is 1. The Morgan fingerprint density at radius 3 is 2.68 bits per heavy atom. The quantitative estimate of drug-likeness (QED) is 0.795. The first-order chi connectivity index (χ1) is 8.87. The van der Waals surface area contributed by atoms with Crippen molar-refractivity contribution in [3.63, 3.8) is 0 Å². The van der Waals surface area contributed by atoms with Crippen molar-refractivity contribution in [1.82, 2.24) is 10.2 Å². The Hall–Kier alpha value is -0.770. The van der Waals surface area contributed by atoms with E-state index >= 15 is 0 Å². The van der Waals surface area contributed by atoms with E-state index in [-0.39, 0.29) is 6.09 Å². The van der Waals surface area contributed by atoms with Crippen molar-refractivity contribution in [2.24, 2.45) is 5.92 Å². The third kappa shape index (κ3) is 3.85. The third-order valence-electron chi connectivity index (χ3n) is 4.14. The summed E-state index contributed by atoms with van der Waals surface area (Å²) < 4.78 is 5.54. The van der Waals surface area contributed by atoms with Crippen molar-refractivity contribution in [2.75, 3.05) is 13.1 Å².